The Balaban J connectivity index is 1.96. The van der Waals surface area contributed by atoms with E-state index in [9.17, 15) is 18.0 Å². The Morgan fingerprint density at radius 1 is 1.22 bits per heavy atom. The van der Waals surface area contributed by atoms with Crippen LogP contribution in [0.25, 0.3) is 0 Å². The zero-order valence-corrected chi connectivity index (χ0v) is 15.0. The number of carbonyl (C=O) groups excluding carboxylic acids is 2. The number of likely N-dealkylation sites (N-methyl/N-ethyl adjacent to an activating group) is 2. The van der Waals surface area contributed by atoms with Crippen LogP contribution in [0.4, 0.5) is 0 Å². The van der Waals surface area contributed by atoms with Crippen LogP contribution in [0.3, 0.4) is 0 Å². The number of carbonyl (C=O) groups is 2. The molecule has 0 aromatic rings. The molecule has 2 aliphatic heterocycles. The maximum absolute atomic E-state index is 12.5. The van der Waals surface area contributed by atoms with Gasteiger partial charge in [-0.1, -0.05) is 13.8 Å². The summed E-state index contributed by atoms with van der Waals surface area (Å²) in [5.41, 5.74) is 0. The molecule has 132 valence electrons. The summed E-state index contributed by atoms with van der Waals surface area (Å²) in [6.07, 6.45) is 0. The topological polar surface area (TPSA) is 87.0 Å². The fourth-order valence-corrected chi connectivity index (χ4v) is 4.92. The molecule has 1 unspecified atom stereocenters. The van der Waals surface area contributed by atoms with E-state index >= 15 is 0 Å². The van der Waals surface area contributed by atoms with E-state index in [0.29, 0.717) is 6.54 Å². The first kappa shape index (κ1) is 18.2. The number of hydrogen-bond acceptors (Lipinski definition) is 6. The molecule has 2 rings (SSSR count). The Morgan fingerprint density at radius 2 is 1.74 bits per heavy atom. The molecule has 0 radical (unpaired) electrons. The third-order valence-corrected chi connectivity index (χ3v) is 6.76. The van der Waals surface area contributed by atoms with Crippen LogP contribution in [0.15, 0.2) is 0 Å². The second-order valence-electron chi connectivity index (χ2n) is 6.61. The number of hydrogen-bond donors (Lipinski definition) is 0. The van der Waals surface area contributed by atoms with Crippen LogP contribution in [-0.2, 0) is 24.3 Å². The summed E-state index contributed by atoms with van der Waals surface area (Å²) >= 11 is 0. The molecule has 0 aromatic heterocycles. The highest BCUT2D eigenvalue weighted by Crippen LogP contribution is 2.30. The third-order valence-electron chi connectivity index (χ3n) is 4.54. The zero-order chi connectivity index (χ0) is 17.5. The monoisotopic (exact) mass is 347 g/mol. The predicted octanol–water partition coefficient (Wildman–Crippen LogP) is -0.824. The molecule has 8 nitrogen and oxygen atoms in total. The van der Waals surface area contributed by atoms with Gasteiger partial charge in [-0.15, -0.1) is 0 Å². The van der Waals surface area contributed by atoms with Crippen molar-refractivity contribution in [3.8, 4) is 0 Å². The molecule has 2 aliphatic rings. The molecule has 3 atom stereocenters. The van der Waals surface area contributed by atoms with Gasteiger partial charge in [0.15, 0.2) is 0 Å². The number of amides is 1. The third kappa shape index (κ3) is 3.36. The van der Waals surface area contributed by atoms with Gasteiger partial charge in [0.25, 0.3) is 0 Å². The van der Waals surface area contributed by atoms with Crippen molar-refractivity contribution in [2.75, 3.05) is 40.8 Å². The number of rotatable bonds is 6. The Hall–Kier alpha value is -1.19. The van der Waals surface area contributed by atoms with Gasteiger partial charge in [-0.25, -0.2) is 13.2 Å². The highest BCUT2D eigenvalue weighted by molar-refractivity contribution is 7.90. The van der Waals surface area contributed by atoms with Crippen molar-refractivity contribution in [2.24, 2.45) is 11.8 Å². The molecular weight excluding hydrogens is 322 g/mol. The molecule has 0 aromatic carbocycles. The molecule has 2 heterocycles. The summed E-state index contributed by atoms with van der Waals surface area (Å²) in [4.78, 5) is 27.5. The van der Waals surface area contributed by atoms with Crippen molar-refractivity contribution >= 4 is 21.9 Å². The fourth-order valence-electron chi connectivity index (χ4n) is 2.92. The van der Waals surface area contributed by atoms with Crippen molar-refractivity contribution in [3.63, 3.8) is 0 Å². The minimum Gasteiger partial charge on any atom is -0.467 e. The summed E-state index contributed by atoms with van der Waals surface area (Å²) in [6, 6.07) is -0.660. The van der Waals surface area contributed by atoms with E-state index in [-0.39, 0.29) is 24.9 Å². The zero-order valence-electron chi connectivity index (χ0n) is 14.2. The quantitative estimate of drug-likeness (QED) is 0.461. The molecule has 2 fully saturated rings. The van der Waals surface area contributed by atoms with Gasteiger partial charge in [0.05, 0.1) is 13.0 Å². The van der Waals surface area contributed by atoms with Crippen LogP contribution in [0.2, 0.25) is 0 Å². The minimum absolute atomic E-state index is 0.0866. The van der Waals surface area contributed by atoms with Crippen molar-refractivity contribution in [3.05, 3.63) is 0 Å². The first-order chi connectivity index (χ1) is 10.6. The second kappa shape index (κ2) is 6.37. The number of methoxy groups -OCH3 is 1. The van der Waals surface area contributed by atoms with Gasteiger partial charge in [-0.05, 0) is 13.0 Å². The normalized spacial score (nSPS) is 26.5. The lowest BCUT2D eigenvalue weighted by atomic mass is 9.97. The second-order valence-corrected chi connectivity index (χ2v) is 8.70. The lowest BCUT2D eigenvalue weighted by Crippen LogP contribution is -2.59. The number of esters is 1. The van der Waals surface area contributed by atoms with Crippen molar-refractivity contribution in [2.45, 2.75) is 25.3 Å². The van der Waals surface area contributed by atoms with E-state index in [1.165, 1.54) is 16.3 Å². The van der Waals surface area contributed by atoms with Crippen LogP contribution in [-0.4, -0.2) is 86.7 Å². The number of sulfonamides is 1. The average Bonchev–Trinajstić information content (AvgIpc) is 3.14. The lowest BCUT2D eigenvalue weighted by molar-refractivity contribution is -0.156. The predicted molar refractivity (Wildman–Crippen MR) is 83.8 cm³/mol. The molecule has 0 aliphatic carbocycles. The Labute approximate surface area is 137 Å². The standard InChI is InChI=1S/C14H25N3O5S/c1-9(2)12(14(19)22-5)16(4)13(18)10-6-17(7-10)23(20,21)11-8-15(11)3/h9-12H,6-8H2,1-5H3/t11?,12-,15+/m0/s1. The van der Waals surface area contributed by atoms with Gasteiger partial charge in [-0.3, -0.25) is 9.69 Å². The number of ether oxygens (including phenoxy) is 1. The van der Waals surface area contributed by atoms with Gasteiger partial charge < -0.3 is 9.64 Å². The van der Waals surface area contributed by atoms with E-state index in [1.807, 2.05) is 13.8 Å². The molecule has 2 saturated heterocycles. The van der Waals surface area contributed by atoms with Crippen LogP contribution < -0.4 is 0 Å². The largest absolute Gasteiger partial charge is 0.467 e. The molecule has 0 saturated carbocycles. The highest BCUT2D eigenvalue weighted by atomic mass is 32.2. The van der Waals surface area contributed by atoms with Gasteiger partial charge in [0.1, 0.15) is 11.4 Å². The van der Waals surface area contributed by atoms with Crippen LogP contribution in [0, 0.1) is 11.8 Å². The Bertz CT molecular complexity index is 585. The van der Waals surface area contributed by atoms with E-state index in [4.69, 9.17) is 4.74 Å². The Kier molecular flexibility index (Phi) is 5.03. The minimum atomic E-state index is -3.33. The summed E-state index contributed by atoms with van der Waals surface area (Å²) < 4.78 is 30.5. The molecule has 0 spiro atoms. The SMILES string of the molecule is COC(=O)[C@H](C(C)C)N(C)C(=O)C1CN(S(=O)(=O)C2C[N@@]2C)C1. The fraction of sp³-hybridized carbons (Fsp3) is 0.857. The van der Waals surface area contributed by atoms with Crippen molar-refractivity contribution in [1.82, 2.24) is 14.1 Å². The molecule has 0 bridgehead atoms. The molecule has 1 amide bonds. The van der Waals surface area contributed by atoms with Crippen LogP contribution in [0.1, 0.15) is 13.8 Å². The maximum Gasteiger partial charge on any atom is 0.328 e. The van der Waals surface area contributed by atoms with Crippen molar-refractivity contribution in [1.29, 1.82) is 0 Å². The van der Waals surface area contributed by atoms with Gasteiger partial charge in [-0.2, -0.15) is 4.31 Å². The maximum atomic E-state index is 12.5. The van der Waals surface area contributed by atoms with Gasteiger partial charge >= 0.3 is 5.97 Å². The first-order valence-corrected chi connectivity index (χ1v) is 9.15. The van der Waals surface area contributed by atoms with Crippen LogP contribution in [0.5, 0.6) is 0 Å². The van der Waals surface area contributed by atoms with E-state index < -0.39 is 33.3 Å². The van der Waals surface area contributed by atoms with Gasteiger partial charge in [0.2, 0.25) is 15.9 Å². The summed E-state index contributed by atoms with van der Waals surface area (Å²) in [6.45, 7) is 4.58. The summed E-state index contributed by atoms with van der Waals surface area (Å²) in [5.74, 6) is -1.16. The van der Waals surface area contributed by atoms with Crippen LogP contribution >= 0.6 is 0 Å². The van der Waals surface area contributed by atoms with Crippen molar-refractivity contribution < 1.29 is 22.7 Å². The summed E-state index contributed by atoms with van der Waals surface area (Å²) in [5, 5.41) is -0.449. The molecule has 9 heteroatoms. The smallest absolute Gasteiger partial charge is 0.328 e. The van der Waals surface area contributed by atoms with Gasteiger partial charge in [0, 0.05) is 26.7 Å². The summed E-state index contributed by atoms with van der Waals surface area (Å²) in [7, 11) is 1.28. The lowest BCUT2D eigenvalue weighted by Gasteiger charge is -2.40. The first-order valence-electron chi connectivity index (χ1n) is 7.65. The van der Waals surface area contributed by atoms with E-state index in [0.717, 1.165) is 0 Å². The highest BCUT2D eigenvalue weighted by Gasteiger charge is 2.51. The molecule has 0 N–H and O–H groups in total. The molecular formula is C14H25N3O5S. The number of nitrogens with zero attached hydrogens (tertiary/aromatic N) is 3. The van der Waals surface area contributed by atoms with E-state index in [1.54, 1.807) is 19.0 Å². The van der Waals surface area contributed by atoms with E-state index in [2.05, 4.69) is 0 Å². The Morgan fingerprint density at radius 3 is 2.13 bits per heavy atom. The average molecular weight is 347 g/mol. The molecule has 23 heavy (non-hydrogen) atoms.